The Labute approximate surface area is 115 Å². The highest BCUT2D eigenvalue weighted by Crippen LogP contribution is 2.30. The topological polar surface area (TPSA) is 91.0 Å². The van der Waals surface area contributed by atoms with Crippen LogP contribution in [0.1, 0.15) is 13.8 Å². The molecule has 1 N–H and O–H groups in total. The van der Waals surface area contributed by atoms with E-state index in [0.717, 1.165) is 22.8 Å². The molecule has 7 nitrogen and oxygen atoms in total. The van der Waals surface area contributed by atoms with Crippen molar-refractivity contribution < 1.29 is 0 Å². The molecule has 0 aliphatic carbocycles. The summed E-state index contributed by atoms with van der Waals surface area (Å²) in [6.07, 6.45) is 1.39. The van der Waals surface area contributed by atoms with Crippen LogP contribution in [0.15, 0.2) is 50.8 Å². The third kappa shape index (κ3) is 2.37. The smallest absolute Gasteiger partial charge is 0.253 e. The van der Waals surface area contributed by atoms with Crippen LogP contribution in [0.5, 0.6) is 0 Å². The number of fused-ring (bicyclic) bond motifs is 1. The van der Waals surface area contributed by atoms with Crippen LogP contribution >= 0.6 is 0 Å². The Morgan fingerprint density at radius 2 is 1.70 bits per heavy atom. The third-order valence-corrected chi connectivity index (χ3v) is 2.94. The van der Waals surface area contributed by atoms with E-state index in [4.69, 9.17) is 0 Å². The molecule has 0 radical (unpaired) electrons. The molecule has 20 heavy (non-hydrogen) atoms. The Bertz CT molecular complexity index is 658. The zero-order valence-corrected chi connectivity index (χ0v) is 11.1. The van der Waals surface area contributed by atoms with Gasteiger partial charge in [0.2, 0.25) is 0 Å². The number of H-pyrrole nitrogens is 1. The van der Waals surface area contributed by atoms with Gasteiger partial charge in [0.05, 0.1) is 11.4 Å². The average molecular weight is 267 g/mol. The fraction of sp³-hybridized carbons (Fsp3) is 0.231. The van der Waals surface area contributed by atoms with Gasteiger partial charge in [0, 0.05) is 11.4 Å². The van der Waals surface area contributed by atoms with Gasteiger partial charge in [-0.1, -0.05) is 12.1 Å². The molecule has 0 atom stereocenters. The molecule has 7 heteroatoms. The molecule has 1 aliphatic heterocycles. The molecule has 1 aromatic carbocycles. The zero-order chi connectivity index (χ0) is 13.9. The monoisotopic (exact) mass is 267 g/mol. The van der Waals surface area contributed by atoms with E-state index >= 15 is 0 Å². The van der Waals surface area contributed by atoms with Gasteiger partial charge in [-0.05, 0) is 26.0 Å². The first kappa shape index (κ1) is 12.3. The molecule has 0 bridgehead atoms. The van der Waals surface area contributed by atoms with Crippen molar-refractivity contribution >= 4 is 28.7 Å². The van der Waals surface area contributed by atoms with Crippen LogP contribution in [0.2, 0.25) is 0 Å². The fourth-order valence-electron chi connectivity index (χ4n) is 1.98. The maximum atomic E-state index is 4.57. The first-order valence-corrected chi connectivity index (χ1v) is 6.19. The number of benzene rings is 1. The van der Waals surface area contributed by atoms with E-state index in [1.54, 1.807) is 0 Å². The summed E-state index contributed by atoms with van der Waals surface area (Å²) in [5.74, 6) is 0.368. The molecular formula is C13H13N7. The van der Waals surface area contributed by atoms with Crippen molar-refractivity contribution in [2.45, 2.75) is 19.9 Å². The molecule has 1 aromatic heterocycles. The zero-order valence-electron chi connectivity index (χ0n) is 11.1. The summed E-state index contributed by atoms with van der Waals surface area (Å²) in [7, 11) is 0. The minimum absolute atomic E-state index is 0.285. The van der Waals surface area contributed by atoms with Crippen molar-refractivity contribution in [1.82, 2.24) is 15.2 Å². The van der Waals surface area contributed by atoms with Crippen molar-refractivity contribution in [2.75, 3.05) is 0 Å². The minimum atomic E-state index is -0.285. The third-order valence-electron chi connectivity index (χ3n) is 2.94. The van der Waals surface area contributed by atoms with E-state index in [9.17, 15) is 0 Å². The Hall–Kier alpha value is -2.70. The molecule has 0 saturated carbocycles. The lowest BCUT2D eigenvalue weighted by atomic mass is 10.1. The summed E-state index contributed by atoms with van der Waals surface area (Å²) in [4.78, 5) is 13.1. The molecule has 0 unspecified atom stereocenters. The van der Waals surface area contributed by atoms with Crippen LogP contribution < -0.4 is 0 Å². The molecule has 1 aliphatic rings. The van der Waals surface area contributed by atoms with E-state index in [-0.39, 0.29) is 6.04 Å². The number of hydrogen-bond donors (Lipinski definition) is 1. The predicted octanol–water partition coefficient (Wildman–Crippen LogP) is 3.16. The standard InChI is InChI=1S/C13H13N7/c1-8-12(18-20-13-14-7-15-19-13)9(2)17-11-6-4-3-5-10(11)16-8/h3-7,12H,1-2H3,(H,14,15,19). The number of aliphatic imine (C=N–C) groups is 2. The van der Waals surface area contributed by atoms with E-state index in [1.807, 2.05) is 38.1 Å². The Morgan fingerprint density at radius 1 is 1.05 bits per heavy atom. The quantitative estimate of drug-likeness (QED) is 0.846. The number of azo groups is 1. The lowest BCUT2D eigenvalue weighted by molar-refractivity contribution is 0.953. The number of para-hydroxylation sites is 2. The van der Waals surface area contributed by atoms with Crippen molar-refractivity contribution in [3.05, 3.63) is 30.6 Å². The van der Waals surface area contributed by atoms with Crippen LogP contribution in [-0.2, 0) is 0 Å². The lowest BCUT2D eigenvalue weighted by Gasteiger charge is -2.07. The van der Waals surface area contributed by atoms with Crippen molar-refractivity contribution in [3.63, 3.8) is 0 Å². The predicted molar refractivity (Wildman–Crippen MR) is 76.7 cm³/mol. The Kier molecular flexibility index (Phi) is 3.16. The van der Waals surface area contributed by atoms with E-state index in [2.05, 4.69) is 35.4 Å². The highest BCUT2D eigenvalue weighted by atomic mass is 15.3. The summed E-state index contributed by atoms with van der Waals surface area (Å²) in [6, 6.07) is 7.47. The van der Waals surface area contributed by atoms with Crippen LogP contribution in [0, 0.1) is 0 Å². The lowest BCUT2D eigenvalue weighted by Crippen LogP contribution is -2.22. The van der Waals surface area contributed by atoms with E-state index < -0.39 is 0 Å². The second kappa shape index (κ2) is 5.12. The van der Waals surface area contributed by atoms with Gasteiger partial charge >= 0.3 is 0 Å². The maximum Gasteiger partial charge on any atom is 0.264 e. The molecule has 3 rings (SSSR count). The normalized spacial score (nSPS) is 15.7. The van der Waals surface area contributed by atoms with Crippen LogP contribution in [-0.4, -0.2) is 32.6 Å². The minimum Gasteiger partial charge on any atom is -0.253 e. The maximum absolute atomic E-state index is 4.57. The summed E-state index contributed by atoms with van der Waals surface area (Å²) < 4.78 is 0. The molecule has 0 saturated heterocycles. The second-order valence-electron chi connectivity index (χ2n) is 4.42. The van der Waals surface area contributed by atoms with Gasteiger partial charge < -0.3 is 0 Å². The number of aromatic nitrogens is 3. The fourth-order valence-corrected chi connectivity index (χ4v) is 1.98. The number of rotatable bonds is 2. The molecule has 2 aromatic rings. The van der Waals surface area contributed by atoms with Crippen LogP contribution in [0.3, 0.4) is 0 Å². The number of aromatic amines is 1. The van der Waals surface area contributed by atoms with Gasteiger partial charge in [0.15, 0.2) is 0 Å². The van der Waals surface area contributed by atoms with Gasteiger partial charge in [-0.15, -0.1) is 5.11 Å². The summed E-state index contributed by atoms with van der Waals surface area (Å²) >= 11 is 0. The SMILES string of the molecule is CC1=Nc2ccccc2N=C(C)C1N=Nc1ncn[nH]1. The van der Waals surface area contributed by atoms with Crippen molar-refractivity contribution in [3.8, 4) is 0 Å². The number of hydrogen-bond acceptors (Lipinski definition) is 6. The summed E-state index contributed by atoms with van der Waals surface area (Å²) in [5, 5.41) is 14.7. The molecule has 0 spiro atoms. The largest absolute Gasteiger partial charge is 0.264 e. The summed E-state index contributed by atoms with van der Waals surface area (Å²) in [6.45, 7) is 3.84. The first-order valence-electron chi connectivity index (χ1n) is 6.19. The summed E-state index contributed by atoms with van der Waals surface area (Å²) in [5.41, 5.74) is 3.39. The highest BCUT2D eigenvalue weighted by Gasteiger charge is 2.19. The second-order valence-corrected chi connectivity index (χ2v) is 4.42. The van der Waals surface area contributed by atoms with E-state index in [1.165, 1.54) is 6.33 Å². The highest BCUT2D eigenvalue weighted by molar-refractivity contribution is 6.12. The molecule has 0 fully saturated rings. The van der Waals surface area contributed by atoms with Crippen LogP contribution in [0.4, 0.5) is 17.3 Å². The van der Waals surface area contributed by atoms with Gasteiger partial charge in [-0.3, -0.25) is 9.98 Å². The molecule has 0 amide bonds. The van der Waals surface area contributed by atoms with Crippen LogP contribution in [0.25, 0.3) is 0 Å². The Morgan fingerprint density at radius 3 is 2.25 bits per heavy atom. The van der Waals surface area contributed by atoms with Crippen molar-refractivity contribution in [1.29, 1.82) is 0 Å². The van der Waals surface area contributed by atoms with Gasteiger partial charge in [-0.2, -0.15) is 15.2 Å². The van der Waals surface area contributed by atoms with Gasteiger partial charge in [-0.25, -0.2) is 5.10 Å². The molecule has 100 valence electrons. The number of nitrogens with one attached hydrogen (secondary N) is 1. The van der Waals surface area contributed by atoms with Crippen molar-refractivity contribution in [2.24, 2.45) is 20.2 Å². The van der Waals surface area contributed by atoms with E-state index in [0.29, 0.717) is 5.95 Å². The molecular weight excluding hydrogens is 254 g/mol. The first-order chi connectivity index (χ1) is 9.74. The Balaban J connectivity index is 1.97. The van der Waals surface area contributed by atoms with Gasteiger partial charge in [0.1, 0.15) is 12.4 Å². The average Bonchev–Trinajstić information content (AvgIpc) is 2.90. The molecule has 2 heterocycles. The van der Waals surface area contributed by atoms with Gasteiger partial charge in [0.25, 0.3) is 5.95 Å². The number of nitrogens with zero attached hydrogens (tertiary/aromatic N) is 6.